The van der Waals surface area contributed by atoms with Gasteiger partial charge in [0.2, 0.25) is 5.91 Å². The van der Waals surface area contributed by atoms with Crippen molar-refractivity contribution in [1.29, 1.82) is 0 Å². The average Bonchev–Trinajstić information content (AvgIpc) is 3.17. The lowest BCUT2D eigenvalue weighted by Gasteiger charge is -2.35. The number of pyridine rings is 1. The molecule has 0 aromatic carbocycles. The Balaban J connectivity index is 1.58. The van der Waals surface area contributed by atoms with E-state index in [2.05, 4.69) is 23.8 Å². The number of thioether (sulfide) groups is 1. The van der Waals surface area contributed by atoms with Crippen LogP contribution < -0.4 is 5.56 Å². The van der Waals surface area contributed by atoms with E-state index in [-0.39, 0.29) is 17.2 Å². The molecule has 2 atom stereocenters. The fourth-order valence-electron chi connectivity index (χ4n) is 3.91. The standard InChI is InChI=1S/C21H24N4O2S2/c1-14-9-15(2)11-24(10-14)18(26)13-29-21-23-17-6-8-28-19(17)20(27)25(21)12-16-5-3-4-7-22-16/h3-8,14-15H,9-13H2,1-2H3/t14-,15-/m0/s1. The van der Waals surface area contributed by atoms with E-state index in [1.807, 2.05) is 34.5 Å². The van der Waals surface area contributed by atoms with Crippen LogP contribution in [0, 0.1) is 11.8 Å². The van der Waals surface area contributed by atoms with Gasteiger partial charge in [-0.2, -0.15) is 0 Å². The SMILES string of the molecule is C[C@H]1C[C@H](C)CN(C(=O)CSc2nc3ccsc3c(=O)n2Cc2ccccn2)C1. The monoisotopic (exact) mass is 428 g/mol. The number of fused-ring (bicyclic) bond motifs is 1. The zero-order valence-electron chi connectivity index (χ0n) is 16.6. The summed E-state index contributed by atoms with van der Waals surface area (Å²) in [6.07, 6.45) is 2.88. The molecule has 29 heavy (non-hydrogen) atoms. The maximum atomic E-state index is 13.0. The number of hydrogen-bond donors (Lipinski definition) is 0. The van der Waals surface area contributed by atoms with Gasteiger partial charge in [-0.3, -0.25) is 19.1 Å². The van der Waals surface area contributed by atoms with Gasteiger partial charge < -0.3 is 4.90 Å². The Morgan fingerprint density at radius 2 is 2.03 bits per heavy atom. The van der Waals surface area contributed by atoms with Crippen molar-refractivity contribution in [2.24, 2.45) is 11.8 Å². The van der Waals surface area contributed by atoms with Crippen molar-refractivity contribution >= 4 is 39.2 Å². The van der Waals surface area contributed by atoms with Gasteiger partial charge in [0.15, 0.2) is 5.16 Å². The summed E-state index contributed by atoms with van der Waals surface area (Å²) in [6.45, 7) is 6.34. The number of amides is 1. The first-order valence-corrected chi connectivity index (χ1v) is 11.7. The molecule has 0 saturated carbocycles. The number of rotatable bonds is 5. The van der Waals surface area contributed by atoms with Gasteiger partial charge in [-0.25, -0.2) is 4.98 Å². The second kappa shape index (κ2) is 8.67. The summed E-state index contributed by atoms with van der Waals surface area (Å²) < 4.78 is 2.27. The largest absolute Gasteiger partial charge is 0.341 e. The van der Waals surface area contributed by atoms with Crippen molar-refractivity contribution in [3.8, 4) is 0 Å². The van der Waals surface area contributed by atoms with Gasteiger partial charge in [-0.05, 0) is 41.8 Å². The fourth-order valence-corrected chi connectivity index (χ4v) is 5.59. The van der Waals surface area contributed by atoms with Gasteiger partial charge in [-0.15, -0.1) is 11.3 Å². The zero-order chi connectivity index (χ0) is 20.4. The molecule has 1 aliphatic rings. The molecule has 6 nitrogen and oxygen atoms in total. The van der Waals surface area contributed by atoms with E-state index in [0.29, 0.717) is 33.8 Å². The highest BCUT2D eigenvalue weighted by atomic mass is 32.2. The third-order valence-electron chi connectivity index (χ3n) is 5.12. The maximum Gasteiger partial charge on any atom is 0.272 e. The summed E-state index contributed by atoms with van der Waals surface area (Å²) in [5.41, 5.74) is 1.40. The van der Waals surface area contributed by atoms with Crippen LogP contribution in [0.25, 0.3) is 10.2 Å². The van der Waals surface area contributed by atoms with Crippen LogP contribution >= 0.6 is 23.1 Å². The molecular weight excluding hydrogens is 404 g/mol. The number of aromatic nitrogens is 3. The minimum Gasteiger partial charge on any atom is -0.341 e. The maximum absolute atomic E-state index is 13.0. The molecule has 8 heteroatoms. The molecule has 4 heterocycles. The van der Waals surface area contributed by atoms with Crippen LogP contribution in [0.3, 0.4) is 0 Å². The Labute approximate surface area is 178 Å². The molecular formula is C21H24N4O2S2. The number of carbonyl (C=O) groups is 1. The Morgan fingerprint density at radius 3 is 2.76 bits per heavy atom. The van der Waals surface area contributed by atoms with E-state index < -0.39 is 0 Å². The highest BCUT2D eigenvalue weighted by molar-refractivity contribution is 7.99. The van der Waals surface area contributed by atoms with Crippen LogP contribution in [-0.2, 0) is 11.3 Å². The molecule has 0 unspecified atom stereocenters. The topological polar surface area (TPSA) is 68.1 Å². The van der Waals surface area contributed by atoms with Crippen LogP contribution in [0.15, 0.2) is 45.8 Å². The first-order chi connectivity index (χ1) is 14.0. The predicted octanol–water partition coefficient (Wildman–Crippen LogP) is 3.50. The number of hydrogen-bond acceptors (Lipinski definition) is 6. The van der Waals surface area contributed by atoms with Gasteiger partial charge in [0.25, 0.3) is 5.56 Å². The van der Waals surface area contributed by atoms with E-state index >= 15 is 0 Å². The molecule has 0 spiro atoms. The van der Waals surface area contributed by atoms with Gasteiger partial charge in [0, 0.05) is 19.3 Å². The number of thiophene rings is 1. The predicted molar refractivity (Wildman–Crippen MR) is 117 cm³/mol. The number of carbonyl (C=O) groups excluding carboxylic acids is 1. The van der Waals surface area contributed by atoms with E-state index in [0.717, 1.165) is 25.2 Å². The smallest absolute Gasteiger partial charge is 0.272 e. The van der Waals surface area contributed by atoms with E-state index in [1.165, 1.54) is 23.1 Å². The highest BCUT2D eigenvalue weighted by Gasteiger charge is 2.25. The Bertz CT molecular complexity index is 1050. The molecule has 1 fully saturated rings. The van der Waals surface area contributed by atoms with Crippen LogP contribution in [0.2, 0.25) is 0 Å². The van der Waals surface area contributed by atoms with Gasteiger partial charge >= 0.3 is 0 Å². The molecule has 152 valence electrons. The second-order valence-corrected chi connectivity index (χ2v) is 9.63. The normalized spacial score (nSPS) is 19.6. The first-order valence-electron chi connectivity index (χ1n) is 9.79. The molecule has 1 aliphatic heterocycles. The Kier molecular flexibility index (Phi) is 6.01. The number of piperidine rings is 1. The Hall–Kier alpha value is -2.19. The summed E-state index contributed by atoms with van der Waals surface area (Å²) in [5, 5.41) is 2.44. The number of likely N-dealkylation sites (tertiary alicyclic amines) is 1. The van der Waals surface area contributed by atoms with E-state index in [4.69, 9.17) is 0 Å². The molecule has 3 aromatic heterocycles. The van der Waals surface area contributed by atoms with Crippen molar-refractivity contribution in [3.63, 3.8) is 0 Å². The van der Waals surface area contributed by atoms with Crippen molar-refractivity contribution in [1.82, 2.24) is 19.4 Å². The first kappa shape index (κ1) is 20.1. The van der Waals surface area contributed by atoms with Gasteiger partial charge in [-0.1, -0.05) is 31.7 Å². The minimum atomic E-state index is -0.0779. The summed E-state index contributed by atoms with van der Waals surface area (Å²) in [4.78, 5) is 36.8. The quantitative estimate of drug-likeness (QED) is 0.460. The number of nitrogens with zero attached hydrogens (tertiary/aromatic N) is 4. The summed E-state index contributed by atoms with van der Waals surface area (Å²) in [6, 6.07) is 7.50. The molecule has 3 aromatic rings. The average molecular weight is 429 g/mol. The van der Waals surface area contributed by atoms with Crippen molar-refractivity contribution in [2.75, 3.05) is 18.8 Å². The fraction of sp³-hybridized carbons (Fsp3) is 0.429. The van der Waals surface area contributed by atoms with Gasteiger partial charge in [0.05, 0.1) is 23.5 Å². The minimum absolute atomic E-state index is 0.0779. The lowest BCUT2D eigenvalue weighted by molar-refractivity contribution is -0.130. The molecule has 0 radical (unpaired) electrons. The molecule has 4 rings (SSSR count). The lowest BCUT2D eigenvalue weighted by atomic mass is 9.92. The highest BCUT2D eigenvalue weighted by Crippen LogP contribution is 2.24. The third kappa shape index (κ3) is 4.53. The zero-order valence-corrected chi connectivity index (χ0v) is 18.2. The third-order valence-corrected chi connectivity index (χ3v) is 6.98. The summed E-state index contributed by atoms with van der Waals surface area (Å²) in [7, 11) is 0. The van der Waals surface area contributed by atoms with E-state index in [9.17, 15) is 9.59 Å². The molecule has 1 saturated heterocycles. The van der Waals surface area contributed by atoms with Gasteiger partial charge in [0.1, 0.15) is 4.70 Å². The summed E-state index contributed by atoms with van der Waals surface area (Å²) >= 11 is 2.73. The van der Waals surface area contributed by atoms with Crippen LogP contribution in [0.1, 0.15) is 26.0 Å². The van der Waals surface area contributed by atoms with Crippen molar-refractivity contribution in [3.05, 3.63) is 51.9 Å². The van der Waals surface area contributed by atoms with E-state index in [1.54, 1.807) is 10.8 Å². The summed E-state index contributed by atoms with van der Waals surface area (Å²) in [5.74, 6) is 1.44. The Morgan fingerprint density at radius 1 is 1.24 bits per heavy atom. The molecule has 0 bridgehead atoms. The molecule has 1 amide bonds. The van der Waals surface area contributed by atoms with Crippen LogP contribution in [0.5, 0.6) is 0 Å². The second-order valence-electron chi connectivity index (χ2n) is 7.78. The lowest BCUT2D eigenvalue weighted by Crippen LogP contribution is -2.43. The van der Waals surface area contributed by atoms with Crippen LogP contribution in [-0.4, -0.2) is 44.2 Å². The van der Waals surface area contributed by atoms with Crippen molar-refractivity contribution < 1.29 is 4.79 Å². The molecule has 0 N–H and O–H groups in total. The molecule has 0 aliphatic carbocycles. The van der Waals surface area contributed by atoms with Crippen molar-refractivity contribution in [2.45, 2.75) is 32.0 Å². The van der Waals surface area contributed by atoms with Crippen LogP contribution in [0.4, 0.5) is 0 Å².